The third-order valence-corrected chi connectivity index (χ3v) is 3.21. The molecule has 2 rings (SSSR count). The van der Waals surface area contributed by atoms with Gasteiger partial charge in [-0.1, -0.05) is 0 Å². The minimum absolute atomic E-state index is 0. The Kier molecular flexibility index (Phi) is 6.96. The van der Waals surface area contributed by atoms with Gasteiger partial charge in [0.2, 0.25) is 0 Å². The minimum Gasteiger partial charge on any atom is -0.484 e. The number of rotatable bonds is 4. The molecule has 0 radical (unpaired) electrons. The second-order valence-corrected chi connectivity index (χ2v) is 4.92. The first kappa shape index (κ1) is 18.6. The minimum atomic E-state index is -4.37. The van der Waals surface area contributed by atoms with Gasteiger partial charge in [0.05, 0.1) is 5.56 Å². The Bertz CT molecular complexity index is 474. The van der Waals surface area contributed by atoms with Gasteiger partial charge in [0.1, 0.15) is 5.75 Å². The molecule has 1 aromatic carbocycles. The molecule has 2 N–H and O–H groups in total. The fourth-order valence-corrected chi connectivity index (χ4v) is 2.13. The van der Waals surface area contributed by atoms with E-state index in [1.54, 1.807) is 0 Å². The molecule has 0 aliphatic carbocycles. The summed E-state index contributed by atoms with van der Waals surface area (Å²) in [6.45, 7) is 1.47. The van der Waals surface area contributed by atoms with Crippen LogP contribution in [0.4, 0.5) is 13.2 Å². The van der Waals surface area contributed by atoms with Crippen LogP contribution in [0.15, 0.2) is 24.3 Å². The quantitative estimate of drug-likeness (QED) is 0.886. The summed E-state index contributed by atoms with van der Waals surface area (Å²) in [7, 11) is 0. The molecule has 0 bridgehead atoms. The number of halogens is 4. The summed E-state index contributed by atoms with van der Waals surface area (Å²) in [5.74, 6) is -0.0384. The molecular formula is C14H18ClF3N2O2. The summed E-state index contributed by atoms with van der Waals surface area (Å²) >= 11 is 0. The predicted octanol–water partition coefficient (Wildman–Crippen LogP) is 2.37. The number of piperidine rings is 1. The smallest absolute Gasteiger partial charge is 0.416 e. The maximum Gasteiger partial charge on any atom is 0.416 e. The van der Waals surface area contributed by atoms with Gasteiger partial charge in [-0.3, -0.25) is 4.79 Å². The van der Waals surface area contributed by atoms with Gasteiger partial charge in [-0.15, -0.1) is 12.4 Å². The van der Waals surface area contributed by atoms with E-state index in [1.807, 2.05) is 0 Å². The molecule has 1 saturated heterocycles. The number of hydrogen-bond acceptors (Lipinski definition) is 3. The number of amides is 1. The summed E-state index contributed by atoms with van der Waals surface area (Å²) < 4.78 is 42.3. The maximum absolute atomic E-state index is 12.4. The average molecular weight is 339 g/mol. The van der Waals surface area contributed by atoms with Crippen molar-refractivity contribution in [2.75, 3.05) is 19.7 Å². The van der Waals surface area contributed by atoms with Gasteiger partial charge in [-0.25, -0.2) is 0 Å². The second kappa shape index (κ2) is 8.24. The average Bonchev–Trinajstić information content (AvgIpc) is 2.46. The van der Waals surface area contributed by atoms with Crippen LogP contribution in [0.1, 0.15) is 18.4 Å². The van der Waals surface area contributed by atoms with E-state index in [4.69, 9.17) is 4.74 Å². The molecule has 0 saturated carbocycles. The van der Waals surface area contributed by atoms with Crippen LogP contribution >= 0.6 is 12.4 Å². The Hall–Kier alpha value is -1.47. The lowest BCUT2D eigenvalue weighted by Gasteiger charge is -2.23. The third-order valence-electron chi connectivity index (χ3n) is 3.21. The second-order valence-electron chi connectivity index (χ2n) is 4.92. The zero-order valence-electron chi connectivity index (χ0n) is 11.8. The Labute approximate surface area is 132 Å². The molecule has 1 unspecified atom stereocenters. The number of nitrogens with one attached hydrogen (secondary N) is 2. The molecule has 1 fully saturated rings. The van der Waals surface area contributed by atoms with Crippen molar-refractivity contribution in [3.63, 3.8) is 0 Å². The first-order chi connectivity index (χ1) is 9.95. The first-order valence-corrected chi connectivity index (χ1v) is 6.75. The highest BCUT2D eigenvalue weighted by Gasteiger charge is 2.30. The molecule has 124 valence electrons. The first-order valence-electron chi connectivity index (χ1n) is 6.75. The normalized spacial score (nSPS) is 18.2. The van der Waals surface area contributed by atoms with Crippen LogP contribution in [-0.2, 0) is 11.0 Å². The van der Waals surface area contributed by atoms with E-state index in [0.717, 1.165) is 38.1 Å². The molecule has 8 heteroatoms. The SMILES string of the molecule is Cl.O=C(COc1ccc(C(F)(F)F)cc1)NC1CCCNC1. The molecule has 1 aliphatic rings. The van der Waals surface area contributed by atoms with Crippen LogP contribution in [0.5, 0.6) is 5.75 Å². The van der Waals surface area contributed by atoms with Crippen molar-refractivity contribution in [2.24, 2.45) is 0 Å². The number of alkyl halides is 3. The van der Waals surface area contributed by atoms with Gasteiger partial charge in [0.15, 0.2) is 6.61 Å². The highest BCUT2D eigenvalue weighted by molar-refractivity contribution is 5.85. The van der Waals surface area contributed by atoms with E-state index in [2.05, 4.69) is 10.6 Å². The van der Waals surface area contributed by atoms with Gasteiger partial charge >= 0.3 is 6.18 Å². The highest BCUT2D eigenvalue weighted by Crippen LogP contribution is 2.30. The maximum atomic E-state index is 12.4. The monoisotopic (exact) mass is 338 g/mol. The molecule has 1 aliphatic heterocycles. The Morgan fingerprint density at radius 1 is 1.32 bits per heavy atom. The number of hydrogen-bond donors (Lipinski definition) is 2. The number of benzene rings is 1. The van der Waals surface area contributed by atoms with Gasteiger partial charge in [0.25, 0.3) is 5.91 Å². The molecule has 22 heavy (non-hydrogen) atoms. The fourth-order valence-electron chi connectivity index (χ4n) is 2.13. The van der Waals surface area contributed by atoms with Crippen LogP contribution in [0.2, 0.25) is 0 Å². The summed E-state index contributed by atoms with van der Waals surface area (Å²) in [5.41, 5.74) is -0.743. The van der Waals surface area contributed by atoms with Gasteiger partial charge in [0, 0.05) is 12.6 Å². The molecule has 1 heterocycles. The van der Waals surface area contributed by atoms with E-state index in [-0.39, 0.29) is 36.7 Å². The Morgan fingerprint density at radius 2 is 2.00 bits per heavy atom. The third kappa shape index (κ3) is 5.73. The molecule has 0 spiro atoms. The number of ether oxygens (including phenoxy) is 1. The predicted molar refractivity (Wildman–Crippen MR) is 78.2 cm³/mol. The van der Waals surface area contributed by atoms with Crippen molar-refractivity contribution < 1.29 is 22.7 Å². The number of carbonyl (C=O) groups excluding carboxylic acids is 1. The molecular weight excluding hydrogens is 321 g/mol. The van der Waals surface area contributed by atoms with Gasteiger partial charge in [-0.05, 0) is 43.7 Å². The molecule has 1 amide bonds. The lowest BCUT2D eigenvalue weighted by molar-refractivity contribution is -0.137. The van der Waals surface area contributed by atoms with Crippen LogP contribution in [0.3, 0.4) is 0 Å². The topological polar surface area (TPSA) is 50.4 Å². The van der Waals surface area contributed by atoms with Crippen molar-refractivity contribution in [1.82, 2.24) is 10.6 Å². The van der Waals surface area contributed by atoms with Crippen LogP contribution in [0, 0.1) is 0 Å². The standard InChI is InChI=1S/C14H17F3N2O2.ClH/c15-14(16,17)10-3-5-12(6-4-10)21-9-13(20)19-11-2-1-7-18-8-11;/h3-6,11,18H,1-2,7-9H2,(H,19,20);1H. The molecule has 1 atom stereocenters. The lowest BCUT2D eigenvalue weighted by Crippen LogP contribution is -2.46. The van der Waals surface area contributed by atoms with Crippen molar-refractivity contribution >= 4 is 18.3 Å². The van der Waals surface area contributed by atoms with Crippen molar-refractivity contribution in [3.05, 3.63) is 29.8 Å². The Balaban J connectivity index is 0.00000242. The van der Waals surface area contributed by atoms with Crippen LogP contribution in [0.25, 0.3) is 0 Å². The molecule has 0 aromatic heterocycles. The van der Waals surface area contributed by atoms with Crippen molar-refractivity contribution in [2.45, 2.75) is 25.1 Å². The fraction of sp³-hybridized carbons (Fsp3) is 0.500. The van der Waals surface area contributed by atoms with Gasteiger partial charge in [-0.2, -0.15) is 13.2 Å². The summed E-state index contributed by atoms with van der Waals surface area (Å²) in [4.78, 5) is 11.7. The van der Waals surface area contributed by atoms with Crippen molar-refractivity contribution in [3.8, 4) is 5.75 Å². The van der Waals surface area contributed by atoms with Gasteiger partial charge < -0.3 is 15.4 Å². The van der Waals surface area contributed by atoms with E-state index in [9.17, 15) is 18.0 Å². The zero-order chi connectivity index (χ0) is 15.3. The summed E-state index contributed by atoms with van der Waals surface area (Å²) in [6.07, 6.45) is -2.45. The van der Waals surface area contributed by atoms with E-state index >= 15 is 0 Å². The lowest BCUT2D eigenvalue weighted by atomic mass is 10.1. The largest absolute Gasteiger partial charge is 0.484 e. The zero-order valence-corrected chi connectivity index (χ0v) is 12.6. The van der Waals surface area contributed by atoms with Crippen molar-refractivity contribution in [1.29, 1.82) is 0 Å². The summed E-state index contributed by atoms with van der Waals surface area (Å²) in [6, 6.07) is 4.36. The van der Waals surface area contributed by atoms with E-state index in [0.29, 0.717) is 0 Å². The van der Waals surface area contributed by atoms with Crippen LogP contribution in [-0.4, -0.2) is 31.6 Å². The highest BCUT2D eigenvalue weighted by atomic mass is 35.5. The van der Waals surface area contributed by atoms with Crippen LogP contribution < -0.4 is 15.4 Å². The molecule has 1 aromatic rings. The molecule has 4 nitrogen and oxygen atoms in total. The van der Waals surface area contributed by atoms with E-state index < -0.39 is 11.7 Å². The summed E-state index contributed by atoms with van der Waals surface area (Å²) in [5, 5.41) is 5.99. The Morgan fingerprint density at radius 3 is 2.55 bits per heavy atom. The number of carbonyl (C=O) groups is 1. The van der Waals surface area contributed by atoms with E-state index in [1.165, 1.54) is 12.1 Å².